The number of thiazole rings is 1. The van der Waals surface area contributed by atoms with Gasteiger partial charge in [0.2, 0.25) is 11.8 Å². The number of aromatic nitrogens is 2. The highest BCUT2D eigenvalue weighted by Gasteiger charge is 2.39. The third kappa shape index (κ3) is 5.01. The number of rotatable bonds is 7. The molecule has 2 heterocycles. The Morgan fingerprint density at radius 1 is 1.00 bits per heavy atom. The van der Waals surface area contributed by atoms with Gasteiger partial charge in [-0.05, 0) is 49.4 Å². The first kappa shape index (κ1) is 22.5. The Balaban J connectivity index is 1.10. The van der Waals surface area contributed by atoms with E-state index in [2.05, 4.69) is 38.1 Å². The number of nitrogens with zero attached hydrogens (tertiary/aromatic N) is 2. The predicted octanol–water partition coefficient (Wildman–Crippen LogP) is 5.82. The second-order valence-electron chi connectivity index (χ2n) is 9.30. The van der Waals surface area contributed by atoms with Crippen molar-refractivity contribution in [3.63, 3.8) is 0 Å². The highest BCUT2D eigenvalue weighted by Crippen LogP contribution is 2.40. The third-order valence-electron chi connectivity index (χ3n) is 6.40. The summed E-state index contributed by atoms with van der Waals surface area (Å²) in [5, 5.41) is 9.36. The van der Waals surface area contributed by atoms with Gasteiger partial charge >= 0.3 is 6.03 Å². The molecule has 36 heavy (non-hydrogen) atoms. The topological polar surface area (TPSA) is 105 Å². The summed E-state index contributed by atoms with van der Waals surface area (Å²) in [7, 11) is 0. The number of urea groups is 1. The van der Waals surface area contributed by atoms with Crippen molar-refractivity contribution in [1.29, 1.82) is 0 Å². The molecule has 9 heteroatoms. The second-order valence-corrected chi connectivity index (χ2v) is 10.3. The summed E-state index contributed by atoms with van der Waals surface area (Å²) >= 11 is 1.32. The maximum absolute atomic E-state index is 12.6. The van der Waals surface area contributed by atoms with Crippen LogP contribution in [0.25, 0.3) is 10.3 Å². The monoisotopic (exact) mass is 499 g/mol. The molecular weight excluding hydrogens is 474 g/mol. The average Bonchev–Trinajstić information content (AvgIpc) is 3.79. The summed E-state index contributed by atoms with van der Waals surface area (Å²) in [5.41, 5.74) is 3.50. The normalized spacial score (nSPS) is 18.5. The van der Waals surface area contributed by atoms with E-state index < -0.39 is 0 Å². The van der Waals surface area contributed by atoms with E-state index in [1.165, 1.54) is 16.9 Å². The van der Waals surface area contributed by atoms with Crippen molar-refractivity contribution in [3.05, 3.63) is 71.8 Å². The molecule has 2 aromatic carbocycles. The Hall–Kier alpha value is -3.98. The first-order valence-electron chi connectivity index (χ1n) is 12.0. The smallest absolute Gasteiger partial charge is 0.319 e. The number of pyridine rings is 1. The van der Waals surface area contributed by atoms with Crippen LogP contribution in [0.2, 0.25) is 0 Å². The van der Waals surface area contributed by atoms with Gasteiger partial charge in [-0.25, -0.2) is 14.8 Å². The molecule has 3 amide bonds. The minimum absolute atomic E-state index is 0.0202. The molecule has 0 unspecified atom stereocenters. The number of carbonyl (C=O) groups is 2. The fourth-order valence-corrected chi connectivity index (χ4v) is 4.96. The lowest BCUT2D eigenvalue weighted by Gasteiger charge is -2.12. The van der Waals surface area contributed by atoms with Crippen molar-refractivity contribution in [1.82, 2.24) is 15.3 Å². The molecule has 0 saturated heterocycles. The molecule has 2 fully saturated rings. The van der Waals surface area contributed by atoms with Crippen LogP contribution < -0.4 is 20.7 Å². The minimum atomic E-state index is -0.238. The zero-order valence-electron chi connectivity index (χ0n) is 19.7. The molecule has 4 aromatic rings. The van der Waals surface area contributed by atoms with Gasteiger partial charge in [-0.2, -0.15) is 0 Å². The molecule has 2 saturated carbocycles. The van der Waals surface area contributed by atoms with Crippen LogP contribution in [0.15, 0.2) is 60.7 Å². The van der Waals surface area contributed by atoms with Crippen LogP contribution in [0, 0.1) is 12.8 Å². The maximum atomic E-state index is 12.6. The van der Waals surface area contributed by atoms with Crippen molar-refractivity contribution in [3.8, 4) is 11.6 Å². The van der Waals surface area contributed by atoms with Crippen LogP contribution in [-0.2, 0) is 4.79 Å². The summed E-state index contributed by atoms with van der Waals surface area (Å²) in [4.78, 5) is 34.3. The Labute approximate surface area is 212 Å². The van der Waals surface area contributed by atoms with Gasteiger partial charge in [0.05, 0.1) is 0 Å². The van der Waals surface area contributed by atoms with E-state index in [0.29, 0.717) is 38.7 Å². The quantitative estimate of drug-likeness (QED) is 0.297. The number of ether oxygens (including phenoxy) is 1. The first-order chi connectivity index (χ1) is 17.5. The van der Waals surface area contributed by atoms with E-state index >= 15 is 0 Å². The van der Waals surface area contributed by atoms with Crippen LogP contribution in [0.4, 0.5) is 15.6 Å². The lowest BCUT2D eigenvalue weighted by molar-refractivity contribution is -0.117. The van der Waals surface area contributed by atoms with Crippen LogP contribution >= 0.6 is 11.3 Å². The molecule has 0 bridgehead atoms. The number of aryl methyl sites for hydroxylation is 1. The molecule has 2 atom stereocenters. The van der Waals surface area contributed by atoms with Crippen molar-refractivity contribution >= 4 is 44.4 Å². The van der Waals surface area contributed by atoms with Crippen LogP contribution in [-0.4, -0.2) is 27.9 Å². The van der Waals surface area contributed by atoms with E-state index in [9.17, 15) is 9.59 Å². The van der Waals surface area contributed by atoms with Gasteiger partial charge in [0.25, 0.3) is 0 Å². The van der Waals surface area contributed by atoms with Gasteiger partial charge in [0.15, 0.2) is 5.13 Å². The van der Waals surface area contributed by atoms with Crippen LogP contribution in [0.5, 0.6) is 11.6 Å². The van der Waals surface area contributed by atoms with Gasteiger partial charge < -0.3 is 20.7 Å². The van der Waals surface area contributed by atoms with Crippen molar-refractivity contribution in [2.45, 2.75) is 38.1 Å². The van der Waals surface area contributed by atoms with Crippen molar-refractivity contribution in [2.75, 3.05) is 10.6 Å². The zero-order chi connectivity index (χ0) is 24.6. The zero-order valence-corrected chi connectivity index (χ0v) is 20.5. The molecule has 2 aliphatic rings. The Morgan fingerprint density at radius 2 is 1.83 bits per heavy atom. The fourth-order valence-electron chi connectivity index (χ4n) is 4.12. The first-order valence-corrected chi connectivity index (χ1v) is 12.8. The number of hydrogen-bond acceptors (Lipinski definition) is 6. The van der Waals surface area contributed by atoms with E-state index in [1.807, 2.05) is 43.3 Å². The van der Waals surface area contributed by atoms with Crippen LogP contribution in [0.1, 0.15) is 36.3 Å². The van der Waals surface area contributed by atoms with Crippen LogP contribution in [0.3, 0.4) is 0 Å². The standard InChI is InChI=1S/C27H25N5O3S/c1-15-7-10-18(28-26(34)29-21-14-19(21)16-5-3-2-4-6-16)13-22(15)35-23-12-11-20-25(31-23)36-27(30-20)32-24(33)17-8-9-17/h2-7,10-13,17,19,21H,8-9,14H2,1H3,(H2,28,29,34)(H,30,32,33)/t19-,21+/m0/s1. The fraction of sp³-hybridized carbons (Fsp3) is 0.259. The SMILES string of the molecule is Cc1ccc(NC(=O)N[C@@H]2C[C@H]2c2ccccc2)cc1Oc1ccc2nc(NC(=O)C3CC3)sc2n1. The number of benzene rings is 2. The maximum Gasteiger partial charge on any atom is 0.319 e. The van der Waals surface area contributed by atoms with E-state index in [4.69, 9.17) is 4.74 Å². The molecule has 8 nitrogen and oxygen atoms in total. The Bertz CT molecular complexity index is 1450. The number of hydrogen-bond donors (Lipinski definition) is 3. The number of anilines is 2. The van der Waals surface area contributed by atoms with Crippen molar-refractivity contribution in [2.24, 2.45) is 5.92 Å². The molecular formula is C27H25N5O3S. The van der Waals surface area contributed by atoms with E-state index in [-0.39, 0.29) is 23.9 Å². The van der Waals surface area contributed by atoms with Crippen molar-refractivity contribution < 1.29 is 14.3 Å². The lowest BCUT2D eigenvalue weighted by Crippen LogP contribution is -2.31. The minimum Gasteiger partial charge on any atom is -0.439 e. The van der Waals surface area contributed by atoms with Gasteiger partial charge in [0.1, 0.15) is 16.1 Å². The van der Waals surface area contributed by atoms with Gasteiger partial charge in [-0.15, -0.1) is 0 Å². The van der Waals surface area contributed by atoms with E-state index in [1.54, 1.807) is 12.1 Å². The second kappa shape index (κ2) is 9.23. The largest absolute Gasteiger partial charge is 0.439 e. The number of amides is 3. The molecule has 0 spiro atoms. The number of carbonyl (C=O) groups excluding carboxylic acids is 2. The third-order valence-corrected chi connectivity index (χ3v) is 7.28. The molecule has 0 aliphatic heterocycles. The van der Waals surface area contributed by atoms with E-state index in [0.717, 1.165) is 24.8 Å². The Morgan fingerprint density at radius 3 is 2.64 bits per heavy atom. The predicted molar refractivity (Wildman–Crippen MR) is 140 cm³/mol. The Kier molecular flexibility index (Phi) is 5.77. The summed E-state index contributed by atoms with van der Waals surface area (Å²) in [6.45, 7) is 1.94. The molecule has 3 N–H and O–H groups in total. The van der Waals surface area contributed by atoms with Gasteiger partial charge in [-0.1, -0.05) is 47.7 Å². The summed E-state index contributed by atoms with van der Waals surface area (Å²) < 4.78 is 6.06. The summed E-state index contributed by atoms with van der Waals surface area (Å²) in [6.07, 6.45) is 2.82. The molecule has 2 aromatic heterocycles. The highest BCUT2D eigenvalue weighted by atomic mass is 32.1. The molecule has 182 valence electrons. The molecule has 6 rings (SSSR count). The van der Waals surface area contributed by atoms with Gasteiger partial charge in [-0.3, -0.25) is 4.79 Å². The number of nitrogens with one attached hydrogen (secondary N) is 3. The summed E-state index contributed by atoms with van der Waals surface area (Å²) in [6, 6.07) is 19.2. The average molecular weight is 500 g/mol. The lowest BCUT2D eigenvalue weighted by atomic mass is 10.1. The molecule has 2 aliphatic carbocycles. The molecule has 0 radical (unpaired) electrons. The highest BCUT2D eigenvalue weighted by molar-refractivity contribution is 7.21. The summed E-state index contributed by atoms with van der Waals surface area (Å²) in [5.74, 6) is 1.51. The number of fused-ring (bicyclic) bond motifs is 1. The van der Waals surface area contributed by atoms with Gasteiger partial charge in [0, 0.05) is 35.7 Å².